The number of nitrogens with one attached hydrogen (secondary N) is 1. The molecule has 114 valence electrons. The third-order valence-corrected chi connectivity index (χ3v) is 3.82. The van der Waals surface area contributed by atoms with Gasteiger partial charge in [-0.15, -0.1) is 0 Å². The molecular formula is C15H21N3O2S. The Morgan fingerprint density at radius 2 is 2.19 bits per heavy atom. The third-order valence-electron chi connectivity index (χ3n) is 2.89. The standard InChI is InChI=1S/C15H21N3O2S/c1-15(2,3)6-7-20-9-13(19)18-14-17-11-5-4-10(16)8-12(11)21-14/h4-5,8H,6-7,9,16H2,1-3H3,(H,17,18,19). The topological polar surface area (TPSA) is 77.2 Å². The molecule has 5 nitrogen and oxygen atoms in total. The lowest BCUT2D eigenvalue weighted by atomic mass is 9.93. The number of nitrogens with zero attached hydrogens (tertiary/aromatic N) is 1. The average Bonchev–Trinajstić information content (AvgIpc) is 2.74. The summed E-state index contributed by atoms with van der Waals surface area (Å²) < 4.78 is 6.34. The first-order chi connectivity index (χ1) is 9.83. The zero-order valence-corrected chi connectivity index (χ0v) is 13.4. The van der Waals surface area contributed by atoms with E-state index in [9.17, 15) is 4.79 Å². The van der Waals surface area contributed by atoms with Crippen molar-refractivity contribution in [3.8, 4) is 0 Å². The Morgan fingerprint density at radius 3 is 2.90 bits per heavy atom. The van der Waals surface area contributed by atoms with Gasteiger partial charge in [-0.25, -0.2) is 4.98 Å². The number of fused-ring (bicyclic) bond motifs is 1. The Labute approximate surface area is 128 Å². The zero-order chi connectivity index (χ0) is 15.5. The van der Waals surface area contributed by atoms with Crippen molar-refractivity contribution in [2.75, 3.05) is 24.3 Å². The number of thiazole rings is 1. The summed E-state index contributed by atoms with van der Waals surface area (Å²) in [5, 5.41) is 3.32. The van der Waals surface area contributed by atoms with E-state index in [0.717, 1.165) is 16.6 Å². The lowest BCUT2D eigenvalue weighted by molar-refractivity contribution is -0.120. The number of amides is 1. The molecule has 0 atom stereocenters. The van der Waals surface area contributed by atoms with Crippen LogP contribution in [0, 0.1) is 5.41 Å². The number of ether oxygens (including phenoxy) is 1. The summed E-state index contributed by atoms with van der Waals surface area (Å²) in [6.45, 7) is 7.05. The molecule has 0 aliphatic carbocycles. The Balaban J connectivity index is 1.84. The second-order valence-electron chi connectivity index (χ2n) is 6.16. The summed E-state index contributed by atoms with van der Waals surface area (Å²) >= 11 is 1.40. The van der Waals surface area contributed by atoms with Gasteiger partial charge in [0.1, 0.15) is 6.61 Å². The molecular weight excluding hydrogens is 286 g/mol. The van der Waals surface area contributed by atoms with Gasteiger partial charge in [0.2, 0.25) is 0 Å². The lowest BCUT2D eigenvalue weighted by Crippen LogP contribution is -2.20. The highest BCUT2D eigenvalue weighted by atomic mass is 32.1. The third kappa shape index (κ3) is 4.99. The summed E-state index contributed by atoms with van der Waals surface area (Å²) in [5.41, 5.74) is 7.45. The van der Waals surface area contributed by atoms with Crippen molar-refractivity contribution in [1.29, 1.82) is 0 Å². The molecule has 0 aliphatic rings. The molecule has 0 saturated heterocycles. The Hall–Kier alpha value is -1.66. The number of nitrogens with two attached hydrogens (primary N) is 1. The van der Waals surface area contributed by atoms with Gasteiger partial charge in [0.15, 0.2) is 5.13 Å². The van der Waals surface area contributed by atoms with Crippen LogP contribution in [0.4, 0.5) is 10.8 Å². The highest BCUT2D eigenvalue weighted by Crippen LogP contribution is 2.27. The quantitative estimate of drug-likeness (QED) is 0.656. The van der Waals surface area contributed by atoms with Gasteiger partial charge in [0, 0.05) is 12.3 Å². The molecule has 2 aromatic rings. The van der Waals surface area contributed by atoms with Crippen LogP contribution in [0.2, 0.25) is 0 Å². The van der Waals surface area contributed by atoms with Crippen LogP contribution in [0.1, 0.15) is 27.2 Å². The minimum Gasteiger partial charge on any atom is -0.399 e. The van der Waals surface area contributed by atoms with Gasteiger partial charge >= 0.3 is 0 Å². The molecule has 2 rings (SSSR count). The van der Waals surface area contributed by atoms with Gasteiger partial charge in [-0.2, -0.15) is 0 Å². The zero-order valence-electron chi connectivity index (χ0n) is 12.6. The smallest absolute Gasteiger partial charge is 0.252 e. The SMILES string of the molecule is CC(C)(C)CCOCC(=O)Nc1nc2ccc(N)cc2s1. The molecule has 21 heavy (non-hydrogen) atoms. The lowest BCUT2D eigenvalue weighted by Gasteiger charge is -2.17. The van der Waals surface area contributed by atoms with E-state index < -0.39 is 0 Å². The molecule has 0 fully saturated rings. The number of hydrogen-bond acceptors (Lipinski definition) is 5. The van der Waals surface area contributed by atoms with Gasteiger partial charge < -0.3 is 10.5 Å². The number of rotatable bonds is 5. The molecule has 1 amide bonds. The molecule has 1 aromatic carbocycles. The molecule has 0 saturated carbocycles. The first-order valence-corrected chi connectivity index (χ1v) is 7.69. The monoisotopic (exact) mass is 307 g/mol. The van der Waals surface area contributed by atoms with Crippen LogP contribution in [0.5, 0.6) is 0 Å². The van der Waals surface area contributed by atoms with E-state index in [-0.39, 0.29) is 17.9 Å². The summed E-state index contributed by atoms with van der Waals surface area (Å²) in [4.78, 5) is 16.1. The molecule has 0 unspecified atom stereocenters. The van der Waals surface area contributed by atoms with Crippen molar-refractivity contribution in [3.05, 3.63) is 18.2 Å². The van der Waals surface area contributed by atoms with Crippen LogP contribution in [-0.4, -0.2) is 24.1 Å². The van der Waals surface area contributed by atoms with E-state index in [1.54, 1.807) is 6.07 Å². The van der Waals surface area contributed by atoms with Crippen LogP contribution in [-0.2, 0) is 9.53 Å². The van der Waals surface area contributed by atoms with Crippen LogP contribution in [0.15, 0.2) is 18.2 Å². The summed E-state index contributed by atoms with van der Waals surface area (Å²) in [5.74, 6) is -0.184. The minimum atomic E-state index is -0.184. The van der Waals surface area contributed by atoms with E-state index in [0.29, 0.717) is 17.4 Å². The molecule has 0 bridgehead atoms. The second-order valence-corrected chi connectivity index (χ2v) is 7.19. The van der Waals surface area contributed by atoms with E-state index in [1.165, 1.54) is 11.3 Å². The minimum absolute atomic E-state index is 0.0497. The summed E-state index contributed by atoms with van der Waals surface area (Å²) in [7, 11) is 0. The maximum atomic E-state index is 11.8. The van der Waals surface area contributed by atoms with Crippen molar-refractivity contribution >= 4 is 38.3 Å². The van der Waals surface area contributed by atoms with Crippen molar-refractivity contribution in [1.82, 2.24) is 4.98 Å². The van der Waals surface area contributed by atoms with Gasteiger partial charge in [0.25, 0.3) is 5.91 Å². The average molecular weight is 307 g/mol. The maximum Gasteiger partial charge on any atom is 0.252 e. The summed E-state index contributed by atoms with van der Waals surface area (Å²) in [6, 6.07) is 5.49. The summed E-state index contributed by atoms with van der Waals surface area (Å²) in [6.07, 6.45) is 0.917. The molecule has 0 radical (unpaired) electrons. The van der Waals surface area contributed by atoms with Crippen LogP contribution < -0.4 is 11.1 Å². The predicted octanol–water partition coefficient (Wildman–Crippen LogP) is 3.27. The largest absolute Gasteiger partial charge is 0.399 e. The molecule has 0 spiro atoms. The van der Waals surface area contributed by atoms with Crippen molar-refractivity contribution < 1.29 is 9.53 Å². The Bertz CT molecular complexity index is 631. The van der Waals surface area contributed by atoms with E-state index in [1.807, 2.05) is 12.1 Å². The van der Waals surface area contributed by atoms with Crippen LogP contribution in [0.25, 0.3) is 10.2 Å². The number of hydrogen-bond donors (Lipinski definition) is 2. The fourth-order valence-corrected chi connectivity index (χ4v) is 2.62. The van der Waals surface area contributed by atoms with Crippen molar-refractivity contribution in [2.45, 2.75) is 27.2 Å². The fourth-order valence-electron chi connectivity index (χ4n) is 1.69. The van der Waals surface area contributed by atoms with E-state index in [2.05, 4.69) is 31.1 Å². The molecule has 6 heteroatoms. The Morgan fingerprint density at radius 1 is 1.43 bits per heavy atom. The van der Waals surface area contributed by atoms with Crippen molar-refractivity contribution in [2.24, 2.45) is 5.41 Å². The second kappa shape index (κ2) is 6.41. The number of nitrogen functional groups attached to an aromatic ring is 1. The highest BCUT2D eigenvalue weighted by molar-refractivity contribution is 7.22. The van der Waals surface area contributed by atoms with E-state index in [4.69, 9.17) is 10.5 Å². The Kier molecular flexibility index (Phi) is 4.80. The first-order valence-electron chi connectivity index (χ1n) is 6.87. The van der Waals surface area contributed by atoms with E-state index >= 15 is 0 Å². The van der Waals surface area contributed by atoms with Crippen LogP contribution >= 0.6 is 11.3 Å². The molecule has 0 aliphatic heterocycles. The van der Waals surface area contributed by atoms with Gasteiger partial charge in [0.05, 0.1) is 10.2 Å². The van der Waals surface area contributed by atoms with Crippen LogP contribution in [0.3, 0.4) is 0 Å². The number of carbonyl (C=O) groups excluding carboxylic acids is 1. The number of benzene rings is 1. The number of carbonyl (C=O) groups is 1. The molecule has 3 N–H and O–H groups in total. The highest BCUT2D eigenvalue weighted by Gasteiger charge is 2.11. The van der Waals surface area contributed by atoms with Gasteiger partial charge in [-0.05, 0) is 30.0 Å². The maximum absolute atomic E-state index is 11.8. The fraction of sp³-hybridized carbons (Fsp3) is 0.467. The first kappa shape index (κ1) is 15.7. The number of anilines is 2. The molecule has 1 heterocycles. The predicted molar refractivity (Wildman–Crippen MR) is 87.6 cm³/mol. The normalized spacial score (nSPS) is 11.8. The van der Waals surface area contributed by atoms with Crippen molar-refractivity contribution in [3.63, 3.8) is 0 Å². The van der Waals surface area contributed by atoms with Gasteiger partial charge in [-0.1, -0.05) is 32.1 Å². The molecule has 1 aromatic heterocycles. The number of aromatic nitrogens is 1. The van der Waals surface area contributed by atoms with Gasteiger partial charge in [-0.3, -0.25) is 10.1 Å².